The average molecular weight is 556 g/mol. The van der Waals surface area contributed by atoms with Crippen LogP contribution in [-0.4, -0.2) is 48.0 Å². The van der Waals surface area contributed by atoms with Gasteiger partial charge in [-0.05, 0) is 66.9 Å². The van der Waals surface area contributed by atoms with E-state index < -0.39 is 12.0 Å². The Morgan fingerprint density at radius 2 is 1.90 bits per heavy atom. The molecule has 0 amide bonds. The molecule has 0 aliphatic carbocycles. The summed E-state index contributed by atoms with van der Waals surface area (Å²) < 4.78 is 17.6. The van der Waals surface area contributed by atoms with Crippen LogP contribution in [0, 0.1) is 13.8 Å². The lowest BCUT2D eigenvalue weighted by molar-refractivity contribution is 0.0697. The Labute approximate surface area is 237 Å². The van der Waals surface area contributed by atoms with Crippen LogP contribution >= 0.6 is 0 Å². The number of phenols is 1. The third-order valence-corrected chi connectivity index (χ3v) is 7.39. The van der Waals surface area contributed by atoms with Crippen molar-refractivity contribution in [2.45, 2.75) is 26.3 Å². The van der Waals surface area contributed by atoms with Gasteiger partial charge in [0.25, 0.3) is 0 Å². The molecule has 2 aromatic heterocycles. The van der Waals surface area contributed by atoms with Gasteiger partial charge in [-0.3, -0.25) is 4.98 Å². The van der Waals surface area contributed by atoms with Crippen molar-refractivity contribution in [1.82, 2.24) is 10.3 Å². The summed E-state index contributed by atoms with van der Waals surface area (Å²) in [5.74, 6) is 0.450. The number of phenolic OH excluding ortho intramolecular Hbond substituents is 1. The molecule has 0 spiro atoms. The van der Waals surface area contributed by atoms with Crippen LogP contribution in [0.25, 0.3) is 21.7 Å². The van der Waals surface area contributed by atoms with Gasteiger partial charge in [0.15, 0.2) is 0 Å². The quantitative estimate of drug-likeness (QED) is 0.172. The molecule has 5 aromatic rings. The van der Waals surface area contributed by atoms with Gasteiger partial charge in [0, 0.05) is 53.6 Å². The van der Waals surface area contributed by atoms with Gasteiger partial charge in [-0.25, -0.2) is 4.79 Å². The van der Waals surface area contributed by atoms with E-state index in [-0.39, 0.29) is 17.1 Å². The predicted molar refractivity (Wildman–Crippen MR) is 157 cm³/mol. The second-order valence-electron chi connectivity index (χ2n) is 9.81. The third kappa shape index (κ3) is 5.29. The van der Waals surface area contributed by atoms with Gasteiger partial charge in [0.1, 0.15) is 34.2 Å². The van der Waals surface area contributed by atoms with Crippen LogP contribution in [-0.2, 0) is 6.42 Å². The number of methoxy groups -OCH3 is 1. The van der Waals surface area contributed by atoms with Crippen molar-refractivity contribution >= 4 is 27.7 Å². The first-order valence-electron chi connectivity index (χ1n) is 13.4. The number of nitrogens with zero attached hydrogens (tertiary/aromatic N) is 1. The van der Waals surface area contributed by atoms with E-state index in [1.165, 1.54) is 0 Å². The number of nitrogens with one attached hydrogen (secondary N) is 1. The minimum Gasteiger partial charge on any atom is -0.507 e. The summed E-state index contributed by atoms with van der Waals surface area (Å²) in [5, 5.41) is 26.7. The molecule has 0 aliphatic heterocycles. The number of aryl methyl sites for hydroxylation is 1. The molecule has 0 saturated heterocycles. The monoisotopic (exact) mass is 555 g/mol. The average Bonchev–Trinajstić information content (AvgIpc) is 3.33. The van der Waals surface area contributed by atoms with E-state index in [2.05, 4.69) is 10.3 Å². The highest BCUT2D eigenvalue weighted by Gasteiger charge is 2.30. The number of benzene rings is 3. The third-order valence-electron chi connectivity index (χ3n) is 7.39. The molecule has 0 saturated carbocycles. The minimum atomic E-state index is -1.14. The SMILES string of the molecule is COc1cccc(CCOc2ccc3c(c2)c(O)c(C(NCCN)c2ccncc2)c2c(C(=O)O)c(C)oc23)c1C. The molecule has 0 bridgehead atoms. The Bertz CT molecular complexity index is 1710. The Morgan fingerprint density at radius 3 is 2.61 bits per heavy atom. The summed E-state index contributed by atoms with van der Waals surface area (Å²) in [5.41, 5.74) is 9.58. The molecular weight excluding hydrogens is 522 g/mol. The Morgan fingerprint density at radius 1 is 1.12 bits per heavy atom. The first kappa shape index (κ1) is 27.9. The van der Waals surface area contributed by atoms with Gasteiger partial charge in [-0.1, -0.05) is 12.1 Å². The van der Waals surface area contributed by atoms with Gasteiger partial charge in [-0.15, -0.1) is 0 Å². The first-order valence-corrected chi connectivity index (χ1v) is 13.4. The van der Waals surface area contributed by atoms with Crippen molar-refractivity contribution in [1.29, 1.82) is 0 Å². The zero-order chi connectivity index (χ0) is 29.1. The van der Waals surface area contributed by atoms with E-state index in [1.807, 2.05) is 37.3 Å². The highest BCUT2D eigenvalue weighted by Crippen LogP contribution is 2.46. The molecule has 5 N–H and O–H groups in total. The lowest BCUT2D eigenvalue weighted by atomic mass is 9.90. The molecule has 9 nitrogen and oxygen atoms in total. The van der Waals surface area contributed by atoms with Gasteiger partial charge in [0.05, 0.1) is 19.8 Å². The number of aromatic hydroxyl groups is 1. The molecule has 3 aromatic carbocycles. The molecular formula is C32H33N3O6. The van der Waals surface area contributed by atoms with Gasteiger partial charge in [-0.2, -0.15) is 0 Å². The molecule has 0 fully saturated rings. The second-order valence-corrected chi connectivity index (χ2v) is 9.81. The molecule has 212 valence electrons. The van der Waals surface area contributed by atoms with E-state index >= 15 is 0 Å². The number of fused-ring (bicyclic) bond motifs is 3. The highest BCUT2D eigenvalue weighted by molar-refractivity contribution is 6.16. The molecule has 0 radical (unpaired) electrons. The first-order chi connectivity index (χ1) is 19.8. The summed E-state index contributed by atoms with van der Waals surface area (Å²) in [6.45, 7) is 4.82. The maximum atomic E-state index is 12.4. The molecule has 1 unspecified atom stereocenters. The number of carboxylic acids is 1. The number of carboxylic acid groups (broad SMARTS) is 1. The molecule has 1 atom stereocenters. The van der Waals surface area contributed by atoms with Crippen molar-refractivity contribution in [3.8, 4) is 17.2 Å². The van der Waals surface area contributed by atoms with Crippen LogP contribution in [0.15, 0.2) is 65.3 Å². The van der Waals surface area contributed by atoms with Crippen LogP contribution in [0.2, 0.25) is 0 Å². The Hall–Kier alpha value is -4.60. The molecule has 2 heterocycles. The maximum Gasteiger partial charge on any atom is 0.339 e. The topological polar surface area (TPSA) is 140 Å². The number of aromatic carboxylic acids is 1. The van der Waals surface area contributed by atoms with E-state index in [0.29, 0.717) is 59.2 Å². The number of aromatic nitrogens is 1. The number of nitrogens with two attached hydrogens (primary N) is 1. The van der Waals surface area contributed by atoms with Crippen molar-refractivity contribution in [3.63, 3.8) is 0 Å². The van der Waals surface area contributed by atoms with Crippen molar-refractivity contribution in [2.75, 3.05) is 26.8 Å². The zero-order valence-corrected chi connectivity index (χ0v) is 23.2. The van der Waals surface area contributed by atoms with Crippen molar-refractivity contribution < 1.29 is 28.9 Å². The summed E-state index contributed by atoms with van der Waals surface area (Å²) in [6, 6.07) is 14.3. The minimum absolute atomic E-state index is 0.00906. The number of furan rings is 1. The number of carbonyl (C=O) groups is 1. The van der Waals surface area contributed by atoms with E-state index in [9.17, 15) is 15.0 Å². The number of rotatable bonds is 11. The van der Waals surface area contributed by atoms with E-state index in [4.69, 9.17) is 19.6 Å². The molecule has 0 aliphatic rings. The van der Waals surface area contributed by atoms with Gasteiger partial charge >= 0.3 is 5.97 Å². The van der Waals surface area contributed by atoms with Crippen molar-refractivity contribution in [2.24, 2.45) is 5.73 Å². The summed E-state index contributed by atoms with van der Waals surface area (Å²) in [7, 11) is 1.65. The standard InChI is InChI=1S/C32H33N3O6/c1-18-20(5-4-6-25(18)39-3)11-16-40-22-7-8-23-24(17-22)30(36)28(27-26(32(37)38)19(2)41-31(23)27)29(35-15-12-33)21-9-13-34-14-10-21/h4-10,13-14,17,29,35-36H,11-12,15-16,33H2,1-3H3,(H,37,38). The largest absolute Gasteiger partial charge is 0.507 e. The normalized spacial score (nSPS) is 12.1. The fourth-order valence-corrected chi connectivity index (χ4v) is 5.40. The van der Waals surface area contributed by atoms with Crippen LogP contribution in [0.4, 0.5) is 0 Å². The lowest BCUT2D eigenvalue weighted by Crippen LogP contribution is -2.28. The Balaban J connectivity index is 1.62. The highest BCUT2D eigenvalue weighted by atomic mass is 16.5. The fourth-order valence-electron chi connectivity index (χ4n) is 5.40. The lowest BCUT2D eigenvalue weighted by Gasteiger charge is -2.23. The Kier molecular flexibility index (Phi) is 8.09. The maximum absolute atomic E-state index is 12.4. The second kappa shape index (κ2) is 11.9. The van der Waals surface area contributed by atoms with Crippen LogP contribution in [0.3, 0.4) is 0 Å². The van der Waals surface area contributed by atoms with Gasteiger partial charge < -0.3 is 35.2 Å². The zero-order valence-electron chi connectivity index (χ0n) is 23.2. The van der Waals surface area contributed by atoms with E-state index in [1.54, 1.807) is 44.6 Å². The molecule has 5 rings (SSSR count). The van der Waals surface area contributed by atoms with Crippen molar-refractivity contribution in [3.05, 3.63) is 94.5 Å². The summed E-state index contributed by atoms with van der Waals surface area (Å²) in [6.07, 6.45) is 3.97. The number of ether oxygens (including phenoxy) is 2. The number of hydrogen-bond acceptors (Lipinski definition) is 8. The summed E-state index contributed by atoms with van der Waals surface area (Å²) in [4.78, 5) is 16.5. The van der Waals surface area contributed by atoms with Crippen LogP contribution in [0.5, 0.6) is 17.2 Å². The number of hydrogen-bond donors (Lipinski definition) is 4. The molecule has 9 heteroatoms. The van der Waals surface area contributed by atoms with Crippen LogP contribution < -0.4 is 20.5 Å². The summed E-state index contributed by atoms with van der Waals surface area (Å²) >= 11 is 0. The molecule has 41 heavy (non-hydrogen) atoms. The smallest absolute Gasteiger partial charge is 0.339 e. The van der Waals surface area contributed by atoms with Gasteiger partial charge in [0.2, 0.25) is 0 Å². The fraction of sp³-hybridized carbons (Fsp3) is 0.250. The van der Waals surface area contributed by atoms with E-state index in [0.717, 1.165) is 22.4 Å². The predicted octanol–water partition coefficient (Wildman–Crippen LogP) is 5.27. The van der Waals surface area contributed by atoms with Crippen LogP contribution in [0.1, 0.15) is 44.4 Å². The number of pyridine rings is 1.